The SMILES string of the molecule is Cc1cnc(-c2[c-]ccc3c2oc2nc(CCc4ccccc4)ccc23)cc1CC(C)(C)C.[Ir].[c-]1ccccc1-c1ccccn1. The van der Waals surface area contributed by atoms with E-state index in [0.29, 0.717) is 5.71 Å². The van der Waals surface area contributed by atoms with Gasteiger partial charge in [-0.2, -0.15) is 0 Å². The molecule has 0 amide bonds. The molecule has 4 nitrogen and oxygen atoms in total. The second kappa shape index (κ2) is 14.8. The van der Waals surface area contributed by atoms with Gasteiger partial charge in [-0.15, -0.1) is 54.1 Å². The van der Waals surface area contributed by atoms with Crippen LogP contribution in [0.25, 0.3) is 44.6 Å². The summed E-state index contributed by atoms with van der Waals surface area (Å²) in [4.78, 5) is 13.8. The number of fused-ring (bicyclic) bond motifs is 3. The third-order valence-electron chi connectivity index (χ3n) is 7.71. The second-order valence-electron chi connectivity index (χ2n) is 12.6. The molecule has 5 heteroatoms. The molecule has 0 spiro atoms. The topological polar surface area (TPSA) is 51.8 Å². The van der Waals surface area contributed by atoms with Crippen molar-refractivity contribution in [3.05, 3.63) is 150 Å². The van der Waals surface area contributed by atoms with Gasteiger partial charge in [0, 0.05) is 43.6 Å². The van der Waals surface area contributed by atoms with Crippen LogP contribution in [0.2, 0.25) is 0 Å². The van der Waals surface area contributed by atoms with E-state index >= 15 is 0 Å². The first-order valence-electron chi connectivity index (χ1n) is 15.4. The predicted octanol–water partition coefficient (Wildman–Crippen LogP) is 10.1. The molecule has 0 aliphatic carbocycles. The Morgan fingerprint density at radius 2 is 1.54 bits per heavy atom. The van der Waals surface area contributed by atoms with E-state index in [1.54, 1.807) is 6.20 Å². The van der Waals surface area contributed by atoms with E-state index in [9.17, 15) is 0 Å². The summed E-state index contributed by atoms with van der Waals surface area (Å²) < 4.78 is 6.32. The van der Waals surface area contributed by atoms with Crippen LogP contribution >= 0.6 is 0 Å². The molecule has 0 saturated carbocycles. The van der Waals surface area contributed by atoms with Gasteiger partial charge in [0.15, 0.2) is 0 Å². The third kappa shape index (κ3) is 8.03. The van der Waals surface area contributed by atoms with Gasteiger partial charge in [-0.1, -0.05) is 85.8 Å². The van der Waals surface area contributed by atoms with E-state index in [0.717, 1.165) is 63.8 Å². The summed E-state index contributed by atoms with van der Waals surface area (Å²) in [6.07, 6.45) is 6.59. The first-order chi connectivity index (χ1) is 21.8. The molecule has 4 heterocycles. The Bertz CT molecular complexity index is 1980. The van der Waals surface area contributed by atoms with Gasteiger partial charge in [0.1, 0.15) is 0 Å². The molecule has 4 aromatic heterocycles. The molecule has 7 aromatic rings. The van der Waals surface area contributed by atoms with Crippen molar-refractivity contribution < 1.29 is 24.5 Å². The fourth-order valence-electron chi connectivity index (χ4n) is 5.45. The minimum absolute atomic E-state index is 0. The molecule has 0 fully saturated rings. The number of hydrogen-bond acceptors (Lipinski definition) is 4. The normalized spacial score (nSPS) is 11.1. The Labute approximate surface area is 285 Å². The molecular weight excluding hydrogens is 743 g/mol. The Balaban J connectivity index is 0.000000269. The molecule has 1 radical (unpaired) electrons. The van der Waals surface area contributed by atoms with Crippen molar-refractivity contribution in [3.8, 4) is 22.5 Å². The van der Waals surface area contributed by atoms with Crippen LogP contribution in [0, 0.1) is 24.5 Å². The fourth-order valence-corrected chi connectivity index (χ4v) is 5.45. The molecule has 0 N–H and O–H groups in total. The van der Waals surface area contributed by atoms with Crippen LogP contribution in [-0.2, 0) is 39.4 Å². The zero-order valence-electron chi connectivity index (χ0n) is 26.7. The molecule has 7 rings (SSSR count). The Morgan fingerprint density at radius 1 is 0.739 bits per heavy atom. The minimum Gasteiger partial charge on any atom is -0.486 e. The van der Waals surface area contributed by atoms with Gasteiger partial charge in [0.2, 0.25) is 5.71 Å². The van der Waals surface area contributed by atoms with E-state index in [1.165, 1.54) is 16.7 Å². The molecule has 0 aliphatic rings. The van der Waals surface area contributed by atoms with Crippen LogP contribution in [0.15, 0.2) is 120 Å². The van der Waals surface area contributed by atoms with Gasteiger partial charge in [-0.3, -0.25) is 0 Å². The summed E-state index contributed by atoms with van der Waals surface area (Å²) in [5.41, 5.74) is 10.4. The molecular formula is C41H37IrN3O-2. The first kappa shape index (κ1) is 32.9. The van der Waals surface area contributed by atoms with Crippen LogP contribution in [0.1, 0.15) is 43.2 Å². The Hall–Kier alpha value is -4.44. The first-order valence-corrected chi connectivity index (χ1v) is 15.4. The van der Waals surface area contributed by atoms with E-state index in [2.05, 4.69) is 93.3 Å². The van der Waals surface area contributed by atoms with Gasteiger partial charge in [-0.25, -0.2) is 4.98 Å². The maximum absolute atomic E-state index is 6.32. The largest absolute Gasteiger partial charge is 0.486 e. The van der Waals surface area contributed by atoms with Gasteiger partial charge in [-0.05, 0) is 72.3 Å². The van der Waals surface area contributed by atoms with Gasteiger partial charge in [0.25, 0.3) is 0 Å². The molecule has 0 bridgehead atoms. The summed E-state index contributed by atoms with van der Waals surface area (Å²) in [5, 5.41) is 2.09. The molecule has 0 aliphatic heterocycles. The molecule has 0 atom stereocenters. The maximum Gasteiger partial charge on any atom is 0.216 e. The zero-order chi connectivity index (χ0) is 31.2. The predicted molar refractivity (Wildman–Crippen MR) is 184 cm³/mol. The van der Waals surface area contributed by atoms with Crippen LogP contribution in [0.4, 0.5) is 0 Å². The standard InChI is InChI=1S/C30H29N2O.C11H8N.Ir/c1-20-19-31-27(17-22(20)18-30(2,3)4)26-12-8-11-24-25-16-15-23(32-29(25)33-28(24)26)14-13-21-9-6-5-7-10-21;1-2-6-10(7-3-1)11-8-4-5-9-12-11;/h5-11,15-17,19H,13-14,18H2,1-4H3;1-6,8-9H;/q2*-1;. The van der Waals surface area contributed by atoms with Crippen molar-refractivity contribution in [2.75, 3.05) is 0 Å². The van der Waals surface area contributed by atoms with E-state index in [1.807, 2.05) is 60.8 Å². The molecule has 46 heavy (non-hydrogen) atoms. The van der Waals surface area contributed by atoms with Crippen molar-refractivity contribution >= 4 is 22.1 Å². The van der Waals surface area contributed by atoms with E-state index in [4.69, 9.17) is 14.4 Å². The molecule has 0 saturated heterocycles. The third-order valence-corrected chi connectivity index (χ3v) is 7.71. The summed E-state index contributed by atoms with van der Waals surface area (Å²) in [7, 11) is 0. The monoisotopic (exact) mass is 780 g/mol. The number of pyridine rings is 3. The van der Waals surface area contributed by atoms with Gasteiger partial charge in [0.05, 0.1) is 5.58 Å². The second-order valence-corrected chi connectivity index (χ2v) is 12.6. The van der Waals surface area contributed by atoms with Crippen molar-refractivity contribution in [1.82, 2.24) is 15.0 Å². The fraction of sp³-hybridized carbons (Fsp3) is 0.195. The van der Waals surface area contributed by atoms with Gasteiger partial charge >= 0.3 is 0 Å². The smallest absolute Gasteiger partial charge is 0.216 e. The minimum atomic E-state index is 0. The van der Waals surface area contributed by atoms with Crippen LogP contribution in [0.3, 0.4) is 0 Å². The van der Waals surface area contributed by atoms with Crippen LogP contribution in [0.5, 0.6) is 0 Å². The maximum atomic E-state index is 6.32. The summed E-state index contributed by atoms with van der Waals surface area (Å²) >= 11 is 0. The number of aromatic nitrogens is 3. The average molecular weight is 780 g/mol. The van der Waals surface area contributed by atoms with E-state index in [-0.39, 0.29) is 25.5 Å². The number of nitrogens with zero attached hydrogens (tertiary/aromatic N) is 3. The molecule has 233 valence electrons. The quantitative estimate of drug-likeness (QED) is 0.158. The average Bonchev–Trinajstić information content (AvgIpc) is 3.44. The van der Waals surface area contributed by atoms with Crippen molar-refractivity contribution in [2.45, 2.75) is 47.0 Å². The van der Waals surface area contributed by atoms with Crippen LogP contribution < -0.4 is 0 Å². The summed E-state index contributed by atoms with van der Waals surface area (Å²) in [6, 6.07) is 41.2. The van der Waals surface area contributed by atoms with Crippen molar-refractivity contribution in [1.29, 1.82) is 0 Å². The number of furan rings is 1. The van der Waals surface area contributed by atoms with Crippen molar-refractivity contribution in [2.24, 2.45) is 5.41 Å². The molecule has 3 aromatic carbocycles. The summed E-state index contributed by atoms with van der Waals surface area (Å²) in [6.45, 7) is 8.92. The Morgan fingerprint density at radius 3 is 2.28 bits per heavy atom. The van der Waals surface area contributed by atoms with Crippen LogP contribution in [-0.4, -0.2) is 15.0 Å². The summed E-state index contributed by atoms with van der Waals surface area (Å²) in [5.74, 6) is 0. The number of aryl methyl sites for hydroxylation is 3. The number of hydrogen-bond donors (Lipinski definition) is 0. The molecule has 0 unspecified atom stereocenters. The van der Waals surface area contributed by atoms with Gasteiger partial charge < -0.3 is 14.4 Å². The van der Waals surface area contributed by atoms with E-state index < -0.39 is 0 Å². The zero-order valence-corrected chi connectivity index (χ0v) is 29.1. The number of benzene rings is 3. The van der Waals surface area contributed by atoms with Crippen molar-refractivity contribution in [3.63, 3.8) is 0 Å². The number of rotatable bonds is 6. The Kier molecular flexibility index (Phi) is 10.6.